The van der Waals surface area contributed by atoms with E-state index in [0.29, 0.717) is 23.4 Å². The monoisotopic (exact) mass is 327 g/mol. The second-order valence-corrected chi connectivity index (χ2v) is 5.55. The van der Waals surface area contributed by atoms with Gasteiger partial charge in [0.15, 0.2) is 0 Å². The number of esters is 1. The van der Waals surface area contributed by atoms with Gasteiger partial charge in [0.25, 0.3) is 5.91 Å². The summed E-state index contributed by atoms with van der Waals surface area (Å²) in [4.78, 5) is 25.9. The predicted octanol–water partition coefficient (Wildman–Crippen LogP) is 2.05. The molecule has 0 unspecified atom stereocenters. The van der Waals surface area contributed by atoms with Crippen molar-refractivity contribution in [1.29, 1.82) is 0 Å². The standard InChI is InChI=1S/C18H21N3O3/c1-21(2)16-8-7-14(19)10-15(16)17(22)20-11-12-5-4-6-13(9-12)18(23)24-3/h4-10H,11,19H2,1-3H3,(H,20,22). The average Bonchev–Trinajstić information content (AvgIpc) is 2.58. The van der Waals surface area contributed by atoms with Crippen LogP contribution < -0.4 is 16.0 Å². The molecule has 0 bridgehead atoms. The highest BCUT2D eigenvalue weighted by molar-refractivity contribution is 6.00. The summed E-state index contributed by atoms with van der Waals surface area (Å²) in [5, 5.41) is 2.85. The molecule has 0 aromatic heterocycles. The molecule has 1 amide bonds. The first-order valence-corrected chi connectivity index (χ1v) is 7.44. The van der Waals surface area contributed by atoms with Gasteiger partial charge in [-0.3, -0.25) is 4.79 Å². The van der Waals surface area contributed by atoms with Crippen LogP contribution in [0.5, 0.6) is 0 Å². The molecule has 0 saturated heterocycles. The topological polar surface area (TPSA) is 84.7 Å². The van der Waals surface area contributed by atoms with Crippen LogP contribution in [-0.2, 0) is 11.3 Å². The number of nitrogen functional groups attached to an aromatic ring is 1. The molecular weight excluding hydrogens is 306 g/mol. The fourth-order valence-corrected chi connectivity index (χ4v) is 2.33. The van der Waals surface area contributed by atoms with Crippen molar-refractivity contribution in [2.75, 3.05) is 31.8 Å². The van der Waals surface area contributed by atoms with Crippen molar-refractivity contribution >= 4 is 23.3 Å². The van der Waals surface area contributed by atoms with E-state index in [4.69, 9.17) is 10.5 Å². The maximum Gasteiger partial charge on any atom is 0.337 e. The van der Waals surface area contributed by atoms with Crippen molar-refractivity contribution in [3.8, 4) is 0 Å². The first kappa shape index (κ1) is 17.3. The predicted molar refractivity (Wildman–Crippen MR) is 94.1 cm³/mol. The van der Waals surface area contributed by atoms with Gasteiger partial charge in [-0.1, -0.05) is 12.1 Å². The van der Waals surface area contributed by atoms with Crippen LogP contribution in [0.15, 0.2) is 42.5 Å². The molecule has 2 rings (SSSR count). The minimum atomic E-state index is -0.408. The number of rotatable bonds is 5. The Hall–Kier alpha value is -3.02. The summed E-state index contributed by atoms with van der Waals surface area (Å²) >= 11 is 0. The molecule has 0 aliphatic carbocycles. The Morgan fingerprint density at radius 1 is 1.17 bits per heavy atom. The molecule has 0 spiro atoms. The number of ether oxygens (including phenoxy) is 1. The molecule has 0 radical (unpaired) electrons. The Labute approximate surface area is 141 Å². The van der Waals surface area contributed by atoms with Crippen molar-refractivity contribution < 1.29 is 14.3 Å². The third kappa shape index (κ3) is 4.04. The Balaban J connectivity index is 2.14. The van der Waals surface area contributed by atoms with Crippen molar-refractivity contribution in [2.24, 2.45) is 0 Å². The molecule has 0 aliphatic rings. The molecule has 0 atom stereocenters. The zero-order chi connectivity index (χ0) is 17.7. The minimum absolute atomic E-state index is 0.227. The van der Waals surface area contributed by atoms with Gasteiger partial charge in [-0.15, -0.1) is 0 Å². The zero-order valence-electron chi connectivity index (χ0n) is 14.0. The Kier molecular flexibility index (Phi) is 5.42. The number of methoxy groups -OCH3 is 1. The number of carbonyl (C=O) groups excluding carboxylic acids is 2. The summed E-state index contributed by atoms with van der Waals surface area (Å²) in [6, 6.07) is 12.2. The number of anilines is 2. The van der Waals surface area contributed by atoms with E-state index < -0.39 is 5.97 Å². The van der Waals surface area contributed by atoms with Crippen LogP contribution >= 0.6 is 0 Å². The van der Waals surface area contributed by atoms with Gasteiger partial charge < -0.3 is 20.7 Å². The van der Waals surface area contributed by atoms with Crippen LogP contribution in [-0.4, -0.2) is 33.1 Å². The molecule has 0 saturated carbocycles. The van der Waals surface area contributed by atoms with E-state index in [-0.39, 0.29) is 5.91 Å². The molecule has 0 heterocycles. The van der Waals surface area contributed by atoms with E-state index in [1.165, 1.54) is 7.11 Å². The molecule has 126 valence electrons. The number of hydrogen-bond donors (Lipinski definition) is 2. The number of carbonyl (C=O) groups is 2. The van der Waals surface area contributed by atoms with Crippen molar-refractivity contribution in [3.05, 3.63) is 59.2 Å². The van der Waals surface area contributed by atoms with Crippen molar-refractivity contribution in [1.82, 2.24) is 5.32 Å². The maximum atomic E-state index is 12.5. The van der Waals surface area contributed by atoms with Gasteiger partial charge in [-0.25, -0.2) is 4.79 Å². The molecule has 2 aromatic carbocycles. The fraction of sp³-hybridized carbons (Fsp3) is 0.222. The van der Waals surface area contributed by atoms with Crippen molar-refractivity contribution in [3.63, 3.8) is 0 Å². The second-order valence-electron chi connectivity index (χ2n) is 5.55. The van der Waals surface area contributed by atoms with Gasteiger partial charge in [-0.05, 0) is 35.9 Å². The number of nitrogens with zero attached hydrogens (tertiary/aromatic N) is 1. The van der Waals surface area contributed by atoms with Crippen LogP contribution in [0.3, 0.4) is 0 Å². The summed E-state index contributed by atoms with van der Waals surface area (Å²) in [7, 11) is 5.06. The maximum absolute atomic E-state index is 12.5. The van der Waals surface area contributed by atoms with Gasteiger partial charge in [0.1, 0.15) is 0 Å². The quantitative estimate of drug-likeness (QED) is 0.648. The zero-order valence-corrected chi connectivity index (χ0v) is 14.0. The molecule has 0 aliphatic heterocycles. The Morgan fingerprint density at radius 2 is 1.92 bits per heavy atom. The van der Waals surface area contributed by atoms with Crippen LogP contribution in [0, 0.1) is 0 Å². The van der Waals surface area contributed by atoms with E-state index in [2.05, 4.69) is 5.32 Å². The molecule has 3 N–H and O–H groups in total. The summed E-state index contributed by atoms with van der Waals surface area (Å²) in [6.07, 6.45) is 0. The molecule has 24 heavy (non-hydrogen) atoms. The molecular formula is C18H21N3O3. The smallest absolute Gasteiger partial charge is 0.337 e. The third-order valence-corrected chi connectivity index (χ3v) is 3.55. The lowest BCUT2D eigenvalue weighted by molar-refractivity contribution is 0.0600. The number of nitrogens with two attached hydrogens (primary N) is 1. The lowest BCUT2D eigenvalue weighted by Crippen LogP contribution is -2.25. The summed E-state index contributed by atoms with van der Waals surface area (Å²) in [5.74, 6) is -0.636. The van der Waals surface area contributed by atoms with Gasteiger partial charge >= 0.3 is 5.97 Å². The Bertz CT molecular complexity index is 757. The van der Waals surface area contributed by atoms with E-state index >= 15 is 0 Å². The van der Waals surface area contributed by atoms with Crippen LogP contribution in [0.25, 0.3) is 0 Å². The summed E-state index contributed by atoms with van der Waals surface area (Å²) in [5.41, 5.74) is 8.86. The largest absolute Gasteiger partial charge is 0.465 e. The van der Waals surface area contributed by atoms with Crippen LogP contribution in [0.4, 0.5) is 11.4 Å². The highest BCUT2D eigenvalue weighted by atomic mass is 16.5. The second kappa shape index (κ2) is 7.50. The van der Waals surface area contributed by atoms with Gasteiger partial charge in [-0.2, -0.15) is 0 Å². The first-order valence-electron chi connectivity index (χ1n) is 7.44. The van der Waals surface area contributed by atoms with E-state index in [9.17, 15) is 9.59 Å². The fourth-order valence-electron chi connectivity index (χ4n) is 2.33. The average molecular weight is 327 g/mol. The SMILES string of the molecule is COC(=O)c1cccc(CNC(=O)c2cc(N)ccc2N(C)C)c1. The van der Waals surface area contributed by atoms with E-state index in [0.717, 1.165) is 11.3 Å². The third-order valence-electron chi connectivity index (χ3n) is 3.55. The number of nitrogens with one attached hydrogen (secondary N) is 1. The summed E-state index contributed by atoms with van der Waals surface area (Å²) < 4.78 is 4.70. The molecule has 6 heteroatoms. The normalized spacial score (nSPS) is 10.1. The lowest BCUT2D eigenvalue weighted by Gasteiger charge is -2.17. The lowest BCUT2D eigenvalue weighted by atomic mass is 10.1. The summed E-state index contributed by atoms with van der Waals surface area (Å²) in [6.45, 7) is 0.297. The van der Waals surface area contributed by atoms with Crippen molar-refractivity contribution in [2.45, 2.75) is 6.54 Å². The van der Waals surface area contributed by atoms with E-state index in [1.54, 1.807) is 30.3 Å². The van der Waals surface area contributed by atoms with Gasteiger partial charge in [0.05, 0.1) is 18.2 Å². The minimum Gasteiger partial charge on any atom is -0.465 e. The first-order chi connectivity index (χ1) is 11.4. The highest BCUT2D eigenvalue weighted by Crippen LogP contribution is 2.21. The number of amides is 1. The number of hydrogen-bond acceptors (Lipinski definition) is 5. The molecule has 0 fully saturated rings. The highest BCUT2D eigenvalue weighted by Gasteiger charge is 2.13. The molecule has 2 aromatic rings. The van der Waals surface area contributed by atoms with E-state index in [1.807, 2.05) is 31.1 Å². The number of benzene rings is 2. The Morgan fingerprint density at radius 3 is 2.58 bits per heavy atom. The van der Waals surface area contributed by atoms with Crippen LogP contribution in [0.2, 0.25) is 0 Å². The van der Waals surface area contributed by atoms with Gasteiger partial charge in [0, 0.05) is 32.0 Å². The molecule has 6 nitrogen and oxygen atoms in total. The van der Waals surface area contributed by atoms with Gasteiger partial charge in [0.2, 0.25) is 0 Å². The van der Waals surface area contributed by atoms with Crippen LogP contribution in [0.1, 0.15) is 26.3 Å².